The molecule has 118 valence electrons. The van der Waals surface area contributed by atoms with Crippen molar-refractivity contribution >= 4 is 0 Å². The monoisotopic (exact) mass is 298 g/mol. The van der Waals surface area contributed by atoms with E-state index in [9.17, 15) is 0 Å². The van der Waals surface area contributed by atoms with Crippen LogP contribution >= 0.6 is 0 Å². The quantitative estimate of drug-likeness (QED) is 0.695. The molecule has 1 saturated carbocycles. The lowest BCUT2D eigenvalue weighted by molar-refractivity contribution is 0.242. The van der Waals surface area contributed by atoms with Gasteiger partial charge in [0.2, 0.25) is 0 Å². The fraction of sp³-hybridized carbons (Fsp3) is 0.526. The lowest BCUT2D eigenvalue weighted by Gasteiger charge is -2.25. The molecule has 1 aliphatic carbocycles. The van der Waals surface area contributed by atoms with Crippen LogP contribution in [-0.2, 0) is 5.54 Å². The molecule has 1 fully saturated rings. The summed E-state index contributed by atoms with van der Waals surface area (Å²) in [7, 11) is 0. The zero-order valence-corrected chi connectivity index (χ0v) is 13.9. The van der Waals surface area contributed by atoms with E-state index in [1.54, 1.807) is 0 Å². The number of aryl methyl sites for hydroxylation is 1. The van der Waals surface area contributed by atoms with E-state index in [4.69, 9.17) is 9.84 Å². The standard InChI is InChI=1S/C19H26N2O/c1-15-5-9-17(10-6-15)22-14-4-12-19(2,3)21-13-11-18(20-21)16-7-8-16/h5-6,9-11,13,16H,4,7-8,12,14H2,1-3H3. The van der Waals surface area contributed by atoms with Crippen molar-refractivity contribution in [2.45, 2.75) is 57.9 Å². The number of aromatic nitrogens is 2. The molecule has 2 aromatic rings. The fourth-order valence-corrected chi connectivity index (χ4v) is 2.72. The van der Waals surface area contributed by atoms with Crippen LogP contribution in [0.25, 0.3) is 0 Å². The maximum absolute atomic E-state index is 5.82. The Morgan fingerprint density at radius 3 is 2.59 bits per heavy atom. The molecular formula is C19H26N2O. The fourth-order valence-electron chi connectivity index (χ4n) is 2.72. The van der Waals surface area contributed by atoms with Crippen LogP contribution in [-0.4, -0.2) is 16.4 Å². The van der Waals surface area contributed by atoms with Gasteiger partial charge in [-0.2, -0.15) is 5.10 Å². The molecule has 0 amide bonds. The zero-order chi connectivity index (χ0) is 15.6. The minimum atomic E-state index is 0.0454. The molecule has 1 aromatic carbocycles. The largest absolute Gasteiger partial charge is 0.494 e. The van der Waals surface area contributed by atoms with E-state index < -0.39 is 0 Å². The van der Waals surface area contributed by atoms with E-state index in [1.807, 2.05) is 12.1 Å². The van der Waals surface area contributed by atoms with Crippen LogP contribution in [0.15, 0.2) is 36.5 Å². The van der Waals surface area contributed by atoms with Crippen molar-refractivity contribution in [1.82, 2.24) is 9.78 Å². The van der Waals surface area contributed by atoms with Crippen molar-refractivity contribution in [3.05, 3.63) is 47.8 Å². The van der Waals surface area contributed by atoms with Crippen molar-refractivity contribution in [3.8, 4) is 5.75 Å². The van der Waals surface area contributed by atoms with Gasteiger partial charge in [0.25, 0.3) is 0 Å². The molecule has 0 N–H and O–H groups in total. The number of hydrogen-bond donors (Lipinski definition) is 0. The highest BCUT2D eigenvalue weighted by molar-refractivity contribution is 5.26. The van der Waals surface area contributed by atoms with Gasteiger partial charge < -0.3 is 4.74 Å². The van der Waals surface area contributed by atoms with Crippen LogP contribution in [0.5, 0.6) is 5.75 Å². The summed E-state index contributed by atoms with van der Waals surface area (Å²) in [5, 5.41) is 4.77. The maximum Gasteiger partial charge on any atom is 0.119 e. The van der Waals surface area contributed by atoms with Crippen LogP contribution in [0.3, 0.4) is 0 Å². The topological polar surface area (TPSA) is 27.1 Å². The van der Waals surface area contributed by atoms with Crippen molar-refractivity contribution < 1.29 is 4.74 Å². The molecule has 3 nitrogen and oxygen atoms in total. The first-order valence-electron chi connectivity index (χ1n) is 8.30. The van der Waals surface area contributed by atoms with E-state index in [1.165, 1.54) is 24.1 Å². The number of hydrogen-bond acceptors (Lipinski definition) is 2. The third kappa shape index (κ3) is 3.70. The van der Waals surface area contributed by atoms with E-state index >= 15 is 0 Å². The first-order chi connectivity index (χ1) is 10.5. The van der Waals surface area contributed by atoms with Crippen LogP contribution in [0.2, 0.25) is 0 Å². The second-order valence-electron chi connectivity index (χ2n) is 7.04. The zero-order valence-electron chi connectivity index (χ0n) is 13.9. The summed E-state index contributed by atoms with van der Waals surface area (Å²) in [4.78, 5) is 0. The second-order valence-corrected chi connectivity index (χ2v) is 7.04. The van der Waals surface area contributed by atoms with Gasteiger partial charge in [0, 0.05) is 12.1 Å². The first kappa shape index (κ1) is 15.1. The minimum Gasteiger partial charge on any atom is -0.494 e. The predicted molar refractivity (Wildman–Crippen MR) is 89.4 cm³/mol. The molecule has 0 spiro atoms. The molecule has 0 aliphatic heterocycles. The lowest BCUT2D eigenvalue weighted by atomic mass is 9.99. The van der Waals surface area contributed by atoms with Gasteiger partial charge in [-0.1, -0.05) is 17.7 Å². The SMILES string of the molecule is Cc1ccc(OCCCC(C)(C)n2ccc(C3CC3)n2)cc1. The maximum atomic E-state index is 5.82. The molecule has 3 rings (SSSR count). The summed E-state index contributed by atoms with van der Waals surface area (Å²) in [5.41, 5.74) is 2.58. The number of nitrogens with zero attached hydrogens (tertiary/aromatic N) is 2. The molecule has 0 unspecified atom stereocenters. The summed E-state index contributed by atoms with van der Waals surface area (Å²) in [6.45, 7) is 7.35. The van der Waals surface area contributed by atoms with Gasteiger partial charge in [-0.05, 0) is 64.7 Å². The van der Waals surface area contributed by atoms with Gasteiger partial charge in [-0.15, -0.1) is 0 Å². The van der Waals surface area contributed by atoms with Gasteiger partial charge in [0.05, 0.1) is 17.8 Å². The summed E-state index contributed by atoms with van der Waals surface area (Å²) in [6.07, 6.45) is 6.84. The second kappa shape index (κ2) is 6.15. The summed E-state index contributed by atoms with van der Waals surface area (Å²) in [6, 6.07) is 10.4. The van der Waals surface area contributed by atoms with Crippen molar-refractivity contribution in [2.24, 2.45) is 0 Å². The molecule has 22 heavy (non-hydrogen) atoms. The van der Waals surface area contributed by atoms with Crippen LogP contribution < -0.4 is 4.74 Å². The van der Waals surface area contributed by atoms with Gasteiger partial charge in [-0.3, -0.25) is 4.68 Å². The van der Waals surface area contributed by atoms with Crippen molar-refractivity contribution in [2.75, 3.05) is 6.61 Å². The highest BCUT2D eigenvalue weighted by Gasteiger charge is 2.28. The van der Waals surface area contributed by atoms with Crippen molar-refractivity contribution in [1.29, 1.82) is 0 Å². The molecule has 0 saturated heterocycles. The number of rotatable bonds is 7. The highest BCUT2D eigenvalue weighted by Crippen LogP contribution is 2.39. The van der Waals surface area contributed by atoms with E-state index in [-0.39, 0.29) is 5.54 Å². The van der Waals surface area contributed by atoms with Gasteiger partial charge in [0.15, 0.2) is 0 Å². The van der Waals surface area contributed by atoms with Crippen LogP contribution in [0, 0.1) is 6.92 Å². The van der Waals surface area contributed by atoms with E-state index in [0.717, 1.165) is 31.1 Å². The third-order valence-corrected chi connectivity index (χ3v) is 4.45. The summed E-state index contributed by atoms with van der Waals surface area (Å²) in [5.74, 6) is 1.68. The van der Waals surface area contributed by atoms with E-state index in [0.29, 0.717) is 0 Å². The number of ether oxygens (including phenoxy) is 1. The van der Waals surface area contributed by atoms with E-state index in [2.05, 4.69) is 49.8 Å². The Labute approximate surface area is 133 Å². The van der Waals surface area contributed by atoms with Gasteiger partial charge in [0.1, 0.15) is 5.75 Å². The molecule has 1 aliphatic rings. The average molecular weight is 298 g/mol. The Kier molecular flexibility index (Phi) is 4.23. The number of benzene rings is 1. The smallest absolute Gasteiger partial charge is 0.119 e. The molecule has 1 aromatic heterocycles. The molecule has 0 bridgehead atoms. The Bertz CT molecular complexity index is 609. The minimum absolute atomic E-state index is 0.0454. The summed E-state index contributed by atoms with van der Waals surface area (Å²) < 4.78 is 7.95. The normalized spacial score (nSPS) is 15.0. The Hall–Kier alpha value is -1.77. The van der Waals surface area contributed by atoms with Crippen LogP contribution in [0.1, 0.15) is 56.7 Å². The lowest BCUT2D eigenvalue weighted by Crippen LogP contribution is -2.27. The first-order valence-corrected chi connectivity index (χ1v) is 8.30. The molecule has 1 heterocycles. The average Bonchev–Trinajstić information content (AvgIpc) is 3.22. The van der Waals surface area contributed by atoms with Crippen LogP contribution in [0.4, 0.5) is 0 Å². The van der Waals surface area contributed by atoms with Gasteiger partial charge >= 0.3 is 0 Å². The predicted octanol–water partition coefficient (Wildman–Crippen LogP) is 4.66. The molecular weight excluding hydrogens is 272 g/mol. The Morgan fingerprint density at radius 2 is 1.91 bits per heavy atom. The van der Waals surface area contributed by atoms with Gasteiger partial charge in [-0.25, -0.2) is 0 Å². The summed E-state index contributed by atoms with van der Waals surface area (Å²) >= 11 is 0. The third-order valence-electron chi connectivity index (χ3n) is 4.45. The Balaban J connectivity index is 1.47. The Morgan fingerprint density at radius 1 is 1.18 bits per heavy atom. The highest BCUT2D eigenvalue weighted by atomic mass is 16.5. The molecule has 0 radical (unpaired) electrons. The molecule has 3 heteroatoms. The van der Waals surface area contributed by atoms with Crippen molar-refractivity contribution in [3.63, 3.8) is 0 Å². The molecule has 0 atom stereocenters.